The van der Waals surface area contributed by atoms with E-state index in [2.05, 4.69) is 24.3 Å². The van der Waals surface area contributed by atoms with Crippen molar-refractivity contribution in [1.82, 2.24) is 10.4 Å². The molecule has 0 aromatic carbocycles. The summed E-state index contributed by atoms with van der Waals surface area (Å²) in [5.74, 6) is 0. The van der Waals surface area contributed by atoms with Crippen LogP contribution in [0.25, 0.3) is 0 Å². The van der Waals surface area contributed by atoms with Crippen LogP contribution < -0.4 is 5.43 Å². The number of nitrogens with one attached hydrogen (secondary N) is 1. The molecule has 0 bridgehead atoms. The molecule has 2 aliphatic heterocycles. The lowest BCUT2D eigenvalue weighted by Crippen LogP contribution is -2.53. The Hall–Kier alpha value is -0.120. The molecule has 2 saturated heterocycles. The van der Waals surface area contributed by atoms with Crippen molar-refractivity contribution in [3.8, 4) is 0 Å². The number of hydrazine groups is 1. The molecule has 1 N–H and O–H groups in total. The molecule has 0 aromatic heterocycles. The Morgan fingerprint density at radius 2 is 1.87 bits per heavy atom. The molecule has 0 aromatic rings. The minimum Gasteiger partial charge on any atom is -0.377 e. The molecule has 0 aliphatic carbocycles. The van der Waals surface area contributed by atoms with E-state index in [4.69, 9.17) is 4.74 Å². The van der Waals surface area contributed by atoms with E-state index in [1.54, 1.807) is 0 Å². The standard InChI is InChI=1S/C12H24N2O/c1-10-5-3-6-11(2)14(10)13-9-12-7-4-8-15-12/h10-13H,3-9H2,1-2H3. The Labute approximate surface area is 93.1 Å². The molecule has 15 heavy (non-hydrogen) atoms. The lowest BCUT2D eigenvalue weighted by molar-refractivity contribution is 0.0193. The van der Waals surface area contributed by atoms with Gasteiger partial charge in [0.2, 0.25) is 0 Å². The maximum absolute atomic E-state index is 5.63. The van der Waals surface area contributed by atoms with Crippen molar-refractivity contribution in [3.63, 3.8) is 0 Å². The summed E-state index contributed by atoms with van der Waals surface area (Å²) in [6.07, 6.45) is 6.93. The van der Waals surface area contributed by atoms with Crippen molar-refractivity contribution in [3.05, 3.63) is 0 Å². The number of hydrogen-bond acceptors (Lipinski definition) is 3. The first-order chi connectivity index (χ1) is 7.27. The first-order valence-corrected chi connectivity index (χ1v) is 6.41. The molecular formula is C12H24N2O. The van der Waals surface area contributed by atoms with Crippen molar-refractivity contribution < 1.29 is 4.74 Å². The summed E-state index contributed by atoms with van der Waals surface area (Å²) in [6, 6.07) is 1.35. The average Bonchev–Trinajstić information content (AvgIpc) is 2.70. The molecule has 3 nitrogen and oxygen atoms in total. The van der Waals surface area contributed by atoms with Crippen LogP contribution >= 0.6 is 0 Å². The summed E-state index contributed by atoms with van der Waals surface area (Å²) in [5, 5.41) is 2.44. The zero-order valence-corrected chi connectivity index (χ0v) is 10.0. The molecule has 0 spiro atoms. The van der Waals surface area contributed by atoms with E-state index in [-0.39, 0.29) is 0 Å². The van der Waals surface area contributed by atoms with Crippen molar-refractivity contribution in [2.75, 3.05) is 13.2 Å². The molecule has 2 aliphatic rings. The average molecular weight is 212 g/mol. The Morgan fingerprint density at radius 1 is 1.13 bits per heavy atom. The number of rotatable bonds is 3. The molecule has 3 heteroatoms. The third kappa shape index (κ3) is 2.92. The Balaban J connectivity index is 1.75. The van der Waals surface area contributed by atoms with Gasteiger partial charge in [-0.1, -0.05) is 6.42 Å². The van der Waals surface area contributed by atoms with Gasteiger partial charge in [-0.15, -0.1) is 0 Å². The summed E-state index contributed by atoms with van der Waals surface area (Å²) in [6.45, 7) is 6.59. The minimum atomic E-state index is 0.450. The van der Waals surface area contributed by atoms with Crippen molar-refractivity contribution in [1.29, 1.82) is 0 Å². The highest BCUT2D eigenvalue weighted by molar-refractivity contribution is 4.78. The number of nitrogens with zero attached hydrogens (tertiary/aromatic N) is 1. The first-order valence-electron chi connectivity index (χ1n) is 6.41. The van der Waals surface area contributed by atoms with Gasteiger partial charge in [0.25, 0.3) is 0 Å². The number of piperidine rings is 1. The summed E-state index contributed by atoms with van der Waals surface area (Å²) in [5.41, 5.74) is 3.57. The molecular weight excluding hydrogens is 188 g/mol. The lowest BCUT2D eigenvalue weighted by Gasteiger charge is -2.39. The second kappa shape index (κ2) is 5.28. The second-order valence-corrected chi connectivity index (χ2v) is 5.03. The topological polar surface area (TPSA) is 24.5 Å². The Bertz CT molecular complexity index is 182. The van der Waals surface area contributed by atoms with Gasteiger partial charge in [0, 0.05) is 25.2 Å². The second-order valence-electron chi connectivity index (χ2n) is 5.03. The molecule has 2 fully saturated rings. The van der Waals surface area contributed by atoms with Gasteiger partial charge in [-0.3, -0.25) is 5.43 Å². The lowest BCUT2D eigenvalue weighted by atomic mass is 10.00. The third-order valence-corrected chi connectivity index (χ3v) is 3.72. The van der Waals surface area contributed by atoms with Crippen LogP contribution in [0.15, 0.2) is 0 Å². The van der Waals surface area contributed by atoms with E-state index in [0.717, 1.165) is 13.2 Å². The maximum atomic E-state index is 5.63. The van der Waals surface area contributed by atoms with Crippen LogP contribution in [0.3, 0.4) is 0 Å². The number of ether oxygens (including phenoxy) is 1. The highest BCUT2D eigenvalue weighted by Crippen LogP contribution is 2.20. The van der Waals surface area contributed by atoms with E-state index in [1.807, 2.05) is 0 Å². The molecule has 3 atom stereocenters. The highest BCUT2D eigenvalue weighted by atomic mass is 16.5. The van der Waals surface area contributed by atoms with Crippen LogP contribution in [0.4, 0.5) is 0 Å². The molecule has 88 valence electrons. The van der Waals surface area contributed by atoms with Crippen molar-refractivity contribution >= 4 is 0 Å². The van der Waals surface area contributed by atoms with Crippen LogP contribution in [0.2, 0.25) is 0 Å². The van der Waals surface area contributed by atoms with E-state index in [9.17, 15) is 0 Å². The molecule has 3 unspecified atom stereocenters. The SMILES string of the molecule is CC1CCCC(C)N1NCC1CCCO1. The molecule has 2 rings (SSSR count). The van der Waals surface area contributed by atoms with Gasteiger partial charge in [0.1, 0.15) is 0 Å². The predicted molar refractivity (Wildman–Crippen MR) is 61.6 cm³/mol. The predicted octanol–water partition coefficient (Wildman–Crippen LogP) is 1.93. The van der Waals surface area contributed by atoms with Crippen LogP contribution in [-0.4, -0.2) is 36.3 Å². The quantitative estimate of drug-likeness (QED) is 0.773. The summed E-state index contributed by atoms with van der Waals surface area (Å²) >= 11 is 0. The summed E-state index contributed by atoms with van der Waals surface area (Å²) in [4.78, 5) is 0. The van der Waals surface area contributed by atoms with Gasteiger partial charge < -0.3 is 4.74 Å². The van der Waals surface area contributed by atoms with Crippen LogP contribution in [0.5, 0.6) is 0 Å². The first kappa shape index (κ1) is 11.4. The van der Waals surface area contributed by atoms with E-state index >= 15 is 0 Å². The third-order valence-electron chi connectivity index (χ3n) is 3.72. The van der Waals surface area contributed by atoms with Crippen LogP contribution in [-0.2, 0) is 4.74 Å². The normalized spacial score (nSPS) is 38.4. The smallest absolute Gasteiger partial charge is 0.0714 e. The van der Waals surface area contributed by atoms with Crippen LogP contribution in [0, 0.1) is 0 Å². The Kier molecular flexibility index (Phi) is 4.00. The Morgan fingerprint density at radius 3 is 2.47 bits per heavy atom. The highest BCUT2D eigenvalue weighted by Gasteiger charge is 2.25. The zero-order valence-electron chi connectivity index (χ0n) is 10.0. The van der Waals surface area contributed by atoms with Crippen molar-refractivity contribution in [2.45, 2.75) is 64.1 Å². The largest absolute Gasteiger partial charge is 0.377 e. The summed E-state index contributed by atoms with van der Waals surface area (Å²) in [7, 11) is 0. The fourth-order valence-electron chi connectivity index (χ4n) is 2.75. The van der Waals surface area contributed by atoms with Crippen LogP contribution in [0.1, 0.15) is 46.0 Å². The maximum Gasteiger partial charge on any atom is 0.0714 e. The monoisotopic (exact) mass is 212 g/mol. The van der Waals surface area contributed by atoms with Crippen molar-refractivity contribution in [2.24, 2.45) is 0 Å². The molecule has 0 saturated carbocycles. The molecule has 0 radical (unpaired) electrons. The number of hydrogen-bond donors (Lipinski definition) is 1. The van der Waals surface area contributed by atoms with Gasteiger partial charge >= 0.3 is 0 Å². The van der Waals surface area contributed by atoms with E-state index in [1.165, 1.54) is 32.1 Å². The fraction of sp³-hybridized carbons (Fsp3) is 1.00. The minimum absolute atomic E-state index is 0.450. The zero-order chi connectivity index (χ0) is 10.7. The van der Waals surface area contributed by atoms with Gasteiger partial charge in [-0.25, -0.2) is 5.01 Å². The van der Waals surface area contributed by atoms with Gasteiger partial charge in [0.15, 0.2) is 0 Å². The van der Waals surface area contributed by atoms with Gasteiger partial charge in [-0.2, -0.15) is 0 Å². The van der Waals surface area contributed by atoms with E-state index in [0.29, 0.717) is 18.2 Å². The molecule has 2 heterocycles. The van der Waals surface area contributed by atoms with Gasteiger partial charge in [0.05, 0.1) is 6.10 Å². The van der Waals surface area contributed by atoms with Gasteiger partial charge in [-0.05, 0) is 39.5 Å². The fourth-order valence-corrected chi connectivity index (χ4v) is 2.75. The summed E-state index contributed by atoms with van der Waals surface area (Å²) < 4.78 is 5.63. The molecule has 0 amide bonds. The van der Waals surface area contributed by atoms with E-state index < -0.39 is 0 Å².